The molecule has 0 aromatic rings. The van der Waals surface area contributed by atoms with Crippen LogP contribution >= 0.6 is 15.9 Å². The molecule has 0 saturated heterocycles. The fraction of sp³-hybridized carbons (Fsp3) is 0.969. The van der Waals surface area contributed by atoms with Gasteiger partial charge >= 0.3 is 5.97 Å². The van der Waals surface area contributed by atoms with Crippen LogP contribution in [0, 0.1) is 62.6 Å². The van der Waals surface area contributed by atoms with Crippen molar-refractivity contribution in [2.75, 3.05) is 5.33 Å². The third kappa shape index (κ3) is 3.54. The van der Waals surface area contributed by atoms with E-state index >= 15 is 0 Å². The number of alkyl halides is 1. The molecule has 35 heavy (non-hydrogen) atoms. The highest BCUT2D eigenvalue weighted by Crippen LogP contribution is 2.77. The van der Waals surface area contributed by atoms with Crippen molar-refractivity contribution in [1.29, 1.82) is 0 Å². The van der Waals surface area contributed by atoms with Gasteiger partial charge in [0.15, 0.2) is 0 Å². The predicted molar refractivity (Wildman–Crippen MR) is 148 cm³/mol. The number of esters is 1. The second kappa shape index (κ2) is 8.47. The summed E-state index contributed by atoms with van der Waals surface area (Å²) in [6.07, 6.45) is 13.7. The average molecular weight is 550 g/mol. The van der Waals surface area contributed by atoms with Crippen LogP contribution in [0.2, 0.25) is 0 Å². The zero-order valence-electron chi connectivity index (χ0n) is 24.0. The number of rotatable bonds is 3. The third-order valence-corrected chi connectivity index (χ3v) is 14.5. The highest BCUT2D eigenvalue weighted by atomic mass is 79.9. The van der Waals surface area contributed by atoms with Crippen LogP contribution in [0.15, 0.2) is 0 Å². The van der Waals surface area contributed by atoms with Crippen molar-refractivity contribution in [2.24, 2.45) is 62.6 Å². The normalized spacial score (nSPS) is 52.7. The lowest BCUT2D eigenvalue weighted by atomic mass is 9.32. The molecule has 5 rings (SSSR count). The van der Waals surface area contributed by atoms with Gasteiger partial charge in [0.1, 0.15) is 11.4 Å². The number of carbonyl (C=O) groups excluding carboxylic acids is 1. The average Bonchev–Trinajstić information content (AvgIpc) is 3.14. The number of halogens is 1. The lowest BCUT2D eigenvalue weighted by Gasteiger charge is -2.73. The Balaban J connectivity index is 1.47. The largest absolute Gasteiger partial charge is 0.461 e. The Morgan fingerprint density at radius 3 is 2.20 bits per heavy atom. The van der Waals surface area contributed by atoms with E-state index in [0.29, 0.717) is 32.9 Å². The van der Waals surface area contributed by atoms with Crippen molar-refractivity contribution in [3.05, 3.63) is 0 Å². The molecule has 0 aromatic heterocycles. The summed E-state index contributed by atoms with van der Waals surface area (Å²) in [4.78, 5) is 12.2. The van der Waals surface area contributed by atoms with Crippen LogP contribution in [0.5, 0.6) is 0 Å². The summed E-state index contributed by atoms with van der Waals surface area (Å²) in [5.41, 5.74) is 1.89. The van der Waals surface area contributed by atoms with E-state index in [0.717, 1.165) is 36.0 Å². The highest BCUT2D eigenvalue weighted by molar-refractivity contribution is 9.09. The van der Waals surface area contributed by atoms with Gasteiger partial charge in [-0.2, -0.15) is 0 Å². The minimum atomic E-state index is -0.0955. The molecular formula is C32H53BrO2. The van der Waals surface area contributed by atoms with Crippen molar-refractivity contribution < 1.29 is 9.53 Å². The van der Waals surface area contributed by atoms with Gasteiger partial charge in [0.2, 0.25) is 0 Å². The molecule has 2 nitrogen and oxygen atoms in total. The zero-order valence-corrected chi connectivity index (χ0v) is 25.6. The van der Waals surface area contributed by atoms with E-state index in [4.69, 9.17) is 4.74 Å². The summed E-state index contributed by atoms with van der Waals surface area (Å²) in [5.74, 6) is 4.92. The number of carbonyl (C=O) groups is 1. The molecule has 0 radical (unpaired) electrons. The fourth-order valence-electron chi connectivity index (χ4n) is 12.1. The van der Waals surface area contributed by atoms with Crippen LogP contribution in [0.1, 0.15) is 120 Å². The van der Waals surface area contributed by atoms with Gasteiger partial charge in [-0.15, -0.1) is 0 Å². The Morgan fingerprint density at radius 2 is 1.54 bits per heavy atom. The molecule has 0 N–H and O–H groups in total. The first-order chi connectivity index (χ1) is 16.2. The zero-order chi connectivity index (χ0) is 25.6. The van der Waals surface area contributed by atoms with Gasteiger partial charge in [0.25, 0.3) is 0 Å². The maximum Gasteiger partial charge on any atom is 0.316 e. The van der Waals surface area contributed by atoms with Crippen molar-refractivity contribution >= 4 is 21.9 Å². The van der Waals surface area contributed by atoms with Crippen LogP contribution in [-0.2, 0) is 9.53 Å². The van der Waals surface area contributed by atoms with Crippen LogP contribution in [0.4, 0.5) is 0 Å². The van der Waals surface area contributed by atoms with Crippen LogP contribution in [0.25, 0.3) is 0 Å². The summed E-state index contributed by atoms with van der Waals surface area (Å²) in [6, 6.07) is 0. The second-order valence-corrected chi connectivity index (χ2v) is 16.3. The molecule has 0 aliphatic heterocycles. The van der Waals surface area contributed by atoms with Gasteiger partial charge in [-0.3, -0.25) is 4.79 Å². The minimum absolute atomic E-state index is 0.0449. The molecule has 5 aliphatic rings. The molecule has 0 heterocycles. The van der Waals surface area contributed by atoms with Crippen molar-refractivity contribution in [1.82, 2.24) is 0 Å². The Labute approximate surface area is 224 Å². The monoisotopic (exact) mass is 548 g/mol. The lowest BCUT2D eigenvalue weighted by molar-refractivity contribution is -0.250. The third-order valence-electron chi connectivity index (χ3n) is 14.1. The van der Waals surface area contributed by atoms with Crippen LogP contribution in [0.3, 0.4) is 0 Å². The molecule has 0 spiro atoms. The molecule has 0 aromatic carbocycles. The lowest BCUT2D eigenvalue weighted by Crippen LogP contribution is -2.66. The van der Waals surface area contributed by atoms with Gasteiger partial charge in [0.05, 0.1) is 0 Å². The second-order valence-electron chi connectivity index (χ2n) is 15.8. The quantitative estimate of drug-likeness (QED) is 0.259. The van der Waals surface area contributed by atoms with Crippen LogP contribution in [-0.4, -0.2) is 17.4 Å². The molecule has 0 bridgehead atoms. The van der Waals surface area contributed by atoms with E-state index in [9.17, 15) is 4.79 Å². The first kappa shape index (κ1) is 26.6. The Morgan fingerprint density at radius 1 is 0.829 bits per heavy atom. The molecular weight excluding hydrogens is 496 g/mol. The first-order valence-corrected chi connectivity index (χ1v) is 16.1. The number of fused-ring (bicyclic) bond motifs is 7. The van der Waals surface area contributed by atoms with Crippen molar-refractivity contribution in [3.8, 4) is 0 Å². The molecule has 0 unspecified atom stereocenters. The van der Waals surface area contributed by atoms with E-state index in [1.165, 1.54) is 57.8 Å². The van der Waals surface area contributed by atoms with Gasteiger partial charge < -0.3 is 4.74 Å². The Bertz CT molecular complexity index is 851. The number of hydrogen-bond acceptors (Lipinski definition) is 2. The summed E-state index contributed by atoms with van der Waals surface area (Å²) < 4.78 is 6.02. The van der Waals surface area contributed by atoms with E-state index in [2.05, 4.69) is 71.3 Å². The summed E-state index contributed by atoms with van der Waals surface area (Å²) in [6.45, 7) is 20.7. The maximum atomic E-state index is 12.2. The van der Waals surface area contributed by atoms with E-state index in [1.807, 2.05) is 0 Å². The topological polar surface area (TPSA) is 26.3 Å². The predicted octanol–water partition coefficient (Wildman–Crippen LogP) is 9.05. The van der Waals surface area contributed by atoms with E-state index in [1.54, 1.807) is 0 Å². The molecule has 5 aliphatic carbocycles. The smallest absolute Gasteiger partial charge is 0.316 e. The van der Waals surface area contributed by atoms with Crippen LogP contribution < -0.4 is 0 Å². The standard InChI is InChI=1S/C32H53BrO2/c1-20(2)21-11-14-29(5)17-18-31(7)22(27(21)29)9-10-24-30(6)15-13-25(35-26(34)19-33)28(3,4)23(30)12-16-32(24,31)8/h20-25,27H,9-19H2,1-8H3/t21-,22+,23-,24+,25-,27+,29+,30+,31+,32-/m0/s1. The maximum absolute atomic E-state index is 12.2. The van der Waals surface area contributed by atoms with Gasteiger partial charge in [-0.05, 0) is 121 Å². The number of hydrogen-bond donors (Lipinski definition) is 0. The molecule has 10 atom stereocenters. The number of ether oxygens (including phenoxy) is 1. The van der Waals surface area contributed by atoms with E-state index in [-0.39, 0.29) is 17.5 Å². The first-order valence-electron chi connectivity index (χ1n) is 15.0. The molecule has 3 heteroatoms. The molecule has 200 valence electrons. The summed E-state index contributed by atoms with van der Waals surface area (Å²) >= 11 is 3.31. The van der Waals surface area contributed by atoms with Crippen molar-refractivity contribution in [3.63, 3.8) is 0 Å². The van der Waals surface area contributed by atoms with Gasteiger partial charge in [0, 0.05) is 5.41 Å². The summed E-state index contributed by atoms with van der Waals surface area (Å²) in [5, 5.41) is 0.305. The Kier molecular flexibility index (Phi) is 6.43. The Hall–Kier alpha value is -0.0500. The SMILES string of the molecule is CC(C)[C@@H]1CC[C@]2(C)CC[C@]3(C)[C@H](CC[C@@H]4[C@]5(C)CC[C@H](OC(=O)CBr)C(C)(C)[C@@H]5CC[C@@]43C)[C@@H]12. The van der Waals surface area contributed by atoms with Crippen molar-refractivity contribution in [2.45, 2.75) is 126 Å². The summed E-state index contributed by atoms with van der Waals surface area (Å²) in [7, 11) is 0. The molecule has 5 fully saturated rings. The van der Waals surface area contributed by atoms with E-state index < -0.39 is 0 Å². The highest BCUT2D eigenvalue weighted by Gasteiger charge is 2.70. The van der Waals surface area contributed by atoms with Gasteiger partial charge in [-0.25, -0.2) is 0 Å². The van der Waals surface area contributed by atoms with Gasteiger partial charge in [-0.1, -0.05) is 71.3 Å². The molecule has 0 amide bonds. The fourth-order valence-corrected chi connectivity index (χ4v) is 12.3. The minimum Gasteiger partial charge on any atom is -0.461 e. The molecule has 5 saturated carbocycles.